The maximum absolute atomic E-state index is 13.2. The Morgan fingerprint density at radius 3 is 2.88 bits per heavy atom. The molecule has 2 unspecified atom stereocenters. The minimum Gasteiger partial charge on any atom is -0.504 e. The molecule has 1 aromatic carbocycles. The number of rotatable bonds is 3. The van der Waals surface area contributed by atoms with Gasteiger partial charge in [-0.2, -0.15) is 5.10 Å². The third-order valence-corrected chi connectivity index (χ3v) is 4.56. The molecule has 1 amide bonds. The smallest absolute Gasteiger partial charge is 0.278 e. The van der Waals surface area contributed by atoms with Gasteiger partial charge < -0.3 is 15.7 Å². The summed E-state index contributed by atoms with van der Waals surface area (Å²) in [5.41, 5.74) is 6.97. The number of benzene rings is 1. The first-order valence-corrected chi connectivity index (χ1v) is 7.97. The highest BCUT2D eigenvalue weighted by Gasteiger charge is 2.34. The Morgan fingerprint density at radius 1 is 1.50 bits per heavy atom. The van der Waals surface area contributed by atoms with E-state index in [1.54, 1.807) is 17.9 Å². The molecule has 0 bridgehead atoms. The van der Waals surface area contributed by atoms with E-state index in [0.717, 1.165) is 6.42 Å². The van der Waals surface area contributed by atoms with Crippen molar-refractivity contribution in [1.82, 2.24) is 14.7 Å². The van der Waals surface area contributed by atoms with Crippen molar-refractivity contribution in [3.8, 4) is 11.4 Å². The first kappa shape index (κ1) is 16.4. The Bertz CT molecular complexity index is 774. The van der Waals surface area contributed by atoms with Gasteiger partial charge in [0.15, 0.2) is 11.4 Å². The second kappa shape index (κ2) is 6.24. The topological polar surface area (TPSA) is 84.4 Å². The SMILES string of the molecule is Cc1cc(F)ccc1-n1cc(O)c(C(=O)N2CC(CN)CC2C)n1. The maximum Gasteiger partial charge on any atom is 0.278 e. The van der Waals surface area contributed by atoms with Crippen LogP contribution in [0, 0.1) is 18.7 Å². The van der Waals surface area contributed by atoms with Gasteiger partial charge in [-0.15, -0.1) is 0 Å². The molecule has 2 aromatic rings. The summed E-state index contributed by atoms with van der Waals surface area (Å²) in [5, 5.41) is 14.4. The van der Waals surface area contributed by atoms with Crippen molar-refractivity contribution in [1.29, 1.82) is 0 Å². The predicted molar refractivity (Wildman–Crippen MR) is 87.6 cm³/mol. The molecule has 128 valence electrons. The molecule has 0 aliphatic carbocycles. The van der Waals surface area contributed by atoms with E-state index in [-0.39, 0.29) is 35.1 Å². The summed E-state index contributed by atoms with van der Waals surface area (Å²) >= 11 is 0. The number of carbonyl (C=O) groups is 1. The zero-order valence-corrected chi connectivity index (χ0v) is 13.7. The van der Waals surface area contributed by atoms with E-state index < -0.39 is 0 Å². The number of nitrogens with zero attached hydrogens (tertiary/aromatic N) is 3. The van der Waals surface area contributed by atoms with Gasteiger partial charge in [0.25, 0.3) is 5.91 Å². The molecule has 0 spiro atoms. The summed E-state index contributed by atoms with van der Waals surface area (Å²) in [6.07, 6.45) is 2.22. The number of amides is 1. The van der Waals surface area contributed by atoms with Crippen LogP contribution in [0.5, 0.6) is 5.75 Å². The number of aryl methyl sites for hydroxylation is 1. The molecule has 0 radical (unpaired) electrons. The average Bonchev–Trinajstić information content (AvgIpc) is 3.09. The van der Waals surface area contributed by atoms with Crippen LogP contribution >= 0.6 is 0 Å². The lowest BCUT2D eigenvalue weighted by Crippen LogP contribution is -2.34. The lowest BCUT2D eigenvalue weighted by molar-refractivity contribution is 0.0734. The van der Waals surface area contributed by atoms with Crippen LogP contribution in [0.2, 0.25) is 0 Å². The fraction of sp³-hybridized carbons (Fsp3) is 0.412. The van der Waals surface area contributed by atoms with Gasteiger partial charge in [0, 0.05) is 12.6 Å². The molecule has 3 N–H and O–H groups in total. The Kier molecular flexibility index (Phi) is 4.28. The summed E-state index contributed by atoms with van der Waals surface area (Å²) in [7, 11) is 0. The number of likely N-dealkylation sites (tertiary alicyclic amines) is 1. The van der Waals surface area contributed by atoms with Gasteiger partial charge in [0.2, 0.25) is 0 Å². The van der Waals surface area contributed by atoms with E-state index >= 15 is 0 Å². The number of nitrogens with two attached hydrogens (primary N) is 1. The van der Waals surface area contributed by atoms with E-state index in [1.807, 2.05) is 6.92 Å². The summed E-state index contributed by atoms with van der Waals surface area (Å²) in [6, 6.07) is 4.32. The van der Waals surface area contributed by atoms with Gasteiger partial charge in [-0.25, -0.2) is 9.07 Å². The molecule has 24 heavy (non-hydrogen) atoms. The number of aromatic hydroxyl groups is 1. The van der Waals surface area contributed by atoms with Crippen molar-refractivity contribution in [3.63, 3.8) is 0 Å². The van der Waals surface area contributed by atoms with Crippen molar-refractivity contribution < 1.29 is 14.3 Å². The molecule has 1 fully saturated rings. The Hall–Kier alpha value is -2.41. The monoisotopic (exact) mass is 332 g/mol. The normalized spacial score (nSPS) is 20.6. The highest BCUT2D eigenvalue weighted by molar-refractivity contribution is 5.95. The van der Waals surface area contributed by atoms with Crippen molar-refractivity contribution >= 4 is 5.91 Å². The molecule has 1 saturated heterocycles. The molecule has 1 aliphatic rings. The number of hydrogen-bond acceptors (Lipinski definition) is 4. The number of hydrogen-bond donors (Lipinski definition) is 2. The molecular weight excluding hydrogens is 311 g/mol. The molecule has 6 nitrogen and oxygen atoms in total. The Labute approximate surface area is 139 Å². The summed E-state index contributed by atoms with van der Waals surface area (Å²) in [6.45, 7) is 4.81. The molecule has 3 rings (SSSR count). The van der Waals surface area contributed by atoms with Gasteiger partial charge >= 0.3 is 0 Å². The van der Waals surface area contributed by atoms with Crippen molar-refractivity contribution in [2.45, 2.75) is 26.3 Å². The lowest BCUT2D eigenvalue weighted by Gasteiger charge is -2.20. The third kappa shape index (κ3) is 2.87. The van der Waals surface area contributed by atoms with E-state index in [1.165, 1.54) is 23.0 Å². The van der Waals surface area contributed by atoms with Crippen LogP contribution < -0.4 is 5.73 Å². The second-order valence-corrected chi connectivity index (χ2v) is 6.38. The summed E-state index contributed by atoms with van der Waals surface area (Å²) < 4.78 is 14.6. The maximum atomic E-state index is 13.2. The van der Waals surface area contributed by atoms with Crippen molar-refractivity contribution in [2.75, 3.05) is 13.1 Å². The van der Waals surface area contributed by atoms with Gasteiger partial charge in [-0.1, -0.05) is 0 Å². The number of carbonyl (C=O) groups excluding carboxylic acids is 1. The van der Waals surface area contributed by atoms with Crippen LogP contribution in [0.15, 0.2) is 24.4 Å². The van der Waals surface area contributed by atoms with E-state index in [0.29, 0.717) is 24.3 Å². The van der Waals surface area contributed by atoms with Crippen molar-refractivity contribution in [3.05, 3.63) is 41.5 Å². The number of halogens is 1. The second-order valence-electron chi connectivity index (χ2n) is 6.38. The quantitative estimate of drug-likeness (QED) is 0.898. The van der Waals surface area contributed by atoms with Crippen LogP contribution in [0.1, 0.15) is 29.4 Å². The van der Waals surface area contributed by atoms with Gasteiger partial charge in [0.05, 0.1) is 11.9 Å². The molecule has 1 aliphatic heterocycles. The van der Waals surface area contributed by atoms with Gasteiger partial charge in [-0.05, 0) is 56.5 Å². The number of aromatic nitrogens is 2. The Morgan fingerprint density at radius 2 is 2.25 bits per heavy atom. The molecule has 7 heteroatoms. The molecular formula is C17H21FN4O2. The molecule has 1 aromatic heterocycles. The van der Waals surface area contributed by atoms with Gasteiger partial charge in [0.1, 0.15) is 5.82 Å². The zero-order chi connectivity index (χ0) is 17.4. The third-order valence-electron chi connectivity index (χ3n) is 4.56. The van der Waals surface area contributed by atoms with Crippen LogP contribution in [-0.4, -0.2) is 44.8 Å². The minimum atomic E-state index is -0.345. The minimum absolute atomic E-state index is 0.00301. The van der Waals surface area contributed by atoms with Crippen LogP contribution in [0.25, 0.3) is 5.69 Å². The van der Waals surface area contributed by atoms with Crippen molar-refractivity contribution in [2.24, 2.45) is 11.7 Å². The zero-order valence-electron chi connectivity index (χ0n) is 13.7. The highest BCUT2D eigenvalue weighted by atomic mass is 19.1. The Balaban J connectivity index is 1.90. The predicted octanol–water partition coefficient (Wildman–Crippen LogP) is 1.83. The highest BCUT2D eigenvalue weighted by Crippen LogP contribution is 2.27. The van der Waals surface area contributed by atoms with Crippen LogP contribution in [-0.2, 0) is 0 Å². The standard InChI is InChI=1S/C17H21FN4O2/c1-10-5-13(18)3-4-14(10)22-9-15(23)16(20-22)17(24)21-8-12(7-19)6-11(21)2/h3-5,9,11-12,23H,6-8,19H2,1-2H3. The fourth-order valence-electron chi connectivity index (χ4n) is 3.25. The first-order valence-electron chi connectivity index (χ1n) is 7.97. The van der Waals surface area contributed by atoms with Crippen LogP contribution in [0.3, 0.4) is 0 Å². The summed E-state index contributed by atoms with van der Waals surface area (Å²) in [5.74, 6) is -0.572. The fourth-order valence-corrected chi connectivity index (χ4v) is 3.25. The molecule has 2 atom stereocenters. The van der Waals surface area contributed by atoms with E-state index in [4.69, 9.17) is 5.73 Å². The lowest BCUT2D eigenvalue weighted by atomic mass is 10.1. The molecule has 0 saturated carbocycles. The first-order chi connectivity index (χ1) is 11.4. The largest absolute Gasteiger partial charge is 0.504 e. The molecule has 2 heterocycles. The van der Waals surface area contributed by atoms with Crippen LogP contribution in [0.4, 0.5) is 4.39 Å². The van der Waals surface area contributed by atoms with E-state index in [2.05, 4.69) is 5.10 Å². The summed E-state index contributed by atoms with van der Waals surface area (Å²) in [4.78, 5) is 14.4. The average molecular weight is 332 g/mol. The van der Waals surface area contributed by atoms with E-state index in [9.17, 15) is 14.3 Å². The van der Waals surface area contributed by atoms with Gasteiger partial charge in [-0.3, -0.25) is 4.79 Å².